The third-order valence-electron chi connectivity index (χ3n) is 2.74. The Bertz CT molecular complexity index is 325. The molecule has 0 aromatic carbocycles. The monoisotopic (exact) mass is 241 g/mol. The molecule has 0 bridgehead atoms. The summed E-state index contributed by atoms with van der Waals surface area (Å²) in [6.45, 7) is 10.6. The zero-order chi connectivity index (χ0) is 12.3. The van der Waals surface area contributed by atoms with Crippen LogP contribution in [0.2, 0.25) is 0 Å². The number of aromatic nitrogens is 1. The van der Waals surface area contributed by atoms with Crippen LogP contribution in [0.4, 0.5) is 0 Å². The Hall–Kier alpha value is -0.410. The summed E-state index contributed by atoms with van der Waals surface area (Å²) in [4.78, 5) is 4.62. The van der Waals surface area contributed by atoms with Gasteiger partial charge in [-0.05, 0) is 12.3 Å². The van der Waals surface area contributed by atoms with Crippen molar-refractivity contribution in [3.8, 4) is 0 Å². The number of aliphatic hydroxyl groups is 1. The number of thiazole rings is 1. The van der Waals surface area contributed by atoms with E-state index in [2.05, 4.69) is 31.1 Å². The summed E-state index contributed by atoms with van der Waals surface area (Å²) in [5.41, 5.74) is 1.29. The molecule has 0 aliphatic rings. The Kier molecular flexibility index (Phi) is 4.51. The van der Waals surface area contributed by atoms with Gasteiger partial charge in [0.15, 0.2) is 0 Å². The van der Waals surface area contributed by atoms with Gasteiger partial charge in [-0.2, -0.15) is 0 Å². The first-order chi connectivity index (χ1) is 7.30. The van der Waals surface area contributed by atoms with Crippen molar-refractivity contribution in [2.45, 2.75) is 59.0 Å². The maximum Gasteiger partial charge on any atom is 0.0929 e. The Morgan fingerprint density at radius 2 is 2.00 bits per heavy atom. The second kappa shape index (κ2) is 5.28. The molecule has 0 radical (unpaired) electrons. The lowest BCUT2D eigenvalue weighted by Gasteiger charge is -2.14. The third-order valence-corrected chi connectivity index (χ3v) is 3.65. The van der Waals surface area contributed by atoms with Crippen molar-refractivity contribution in [2.24, 2.45) is 5.92 Å². The molecule has 0 aliphatic heterocycles. The highest BCUT2D eigenvalue weighted by atomic mass is 32.1. The van der Waals surface area contributed by atoms with Gasteiger partial charge in [0.1, 0.15) is 0 Å². The number of nitrogens with zero attached hydrogens (tertiary/aromatic N) is 1. The topological polar surface area (TPSA) is 33.1 Å². The third kappa shape index (κ3) is 3.87. The molecule has 0 aliphatic carbocycles. The SMILES string of the molecule is CC(C)C(O)CCc1nc(C(C)(C)C)cs1. The lowest BCUT2D eigenvalue weighted by Crippen LogP contribution is -2.15. The molecule has 3 heteroatoms. The zero-order valence-corrected chi connectivity index (χ0v) is 11.8. The van der Waals surface area contributed by atoms with Crippen molar-refractivity contribution in [3.05, 3.63) is 16.1 Å². The maximum absolute atomic E-state index is 9.73. The summed E-state index contributed by atoms with van der Waals surface area (Å²) in [5.74, 6) is 0.335. The van der Waals surface area contributed by atoms with Crippen molar-refractivity contribution < 1.29 is 5.11 Å². The van der Waals surface area contributed by atoms with Gasteiger partial charge >= 0.3 is 0 Å². The second-order valence-corrected chi connectivity index (χ2v) is 6.67. The first-order valence-electron chi connectivity index (χ1n) is 5.93. The largest absolute Gasteiger partial charge is 0.393 e. The van der Waals surface area contributed by atoms with Crippen molar-refractivity contribution in [1.82, 2.24) is 4.98 Å². The van der Waals surface area contributed by atoms with Crippen molar-refractivity contribution in [3.63, 3.8) is 0 Å². The Labute approximate surface area is 103 Å². The van der Waals surface area contributed by atoms with Crippen LogP contribution < -0.4 is 0 Å². The fourth-order valence-corrected chi connectivity index (χ4v) is 2.42. The van der Waals surface area contributed by atoms with Crippen molar-refractivity contribution in [1.29, 1.82) is 0 Å². The number of aryl methyl sites for hydroxylation is 1. The van der Waals surface area contributed by atoms with Gasteiger partial charge in [-0.25, -0.2) is 4.98 Å². The van der Waals surface area contributed by atoms with Crippen molar-refractivity contribution >= 4 is 11.3 Å². The highest BCUT2D eigenvalue weighted by molar-refractivity contribution is 7.09. The van der Waals surface area contributed by atoms with Gasteiger partial charge in [0.2, 0.25) is 0 Å². The number of hydrogen-bond donors (Lipinski definition) is 1. The number of hydrogen-bond acceptors (Lipinski definition) is 3. The molecule has 0 amide bonds. The Morgan fingerprint density at radius 1 is 1.38 bits per heavy atom. The van der Waals surface area contributed by atoms with Crippen LogP contribution in [0, 0.1) is 5.92 Å². The van der Waals surface area contributed by atoms with Gasteiger partial charge in [-0.1, -0.05) is 34.6 Å². The molecule has 0 fully saturated rings. The molecule has 1 N–H and O–H groups in total. The van der Waals surface area contributed by atoms with E-state index in [1.54, 1.807) is 11.3 Å². The first-order valence-corrected chi connectivity index (χ1v) is 6.81. The lowest BCUT2D eigenvalue weighted by molar-refractivity contribution is 0.116. The standard InChI is InChI=1S/C13H23NOS/c1-9(2)10(15)6-7-12-14-11(8-16-12)13(3,4)5/h8-10,15H,6-7H2,1-5H3. The molecular weight excluding hydrogens is 218 g/mol. The molecular formula is C13H23NOS. The minimum atomic E-state index is -0.206. The summed E-state index contributed by atoms with van der Waals surface area (Å²) in [5, 5.41) is 13.0. The molecule has 16 heavy (non-hydrogen) atoms. The van der Waals surface area contributed by atoms with E-state index in [9.17, 15) is 5.11 Å². The molecule has 2 nitrogen and oxygen atoms in total. The van der Waals surface area contributed by atoms with E-state index in [0.717, 1.165) is 23.5 Å². The Morgan fingerprint density at radius 3 is 2.44 bits per heavy atom. The van der Waals surface area contributed by atoms with Crippen molar-refractivity contribution in [2.75, 3.05) is 0 Å². The van der Waals surface area contributed by atoms with Gasteiger partial charge in [0.25, 0.3) is 0 Å². The van der Waals surface area contributed by atoms with Crippen LogP contribution in [0.5, 0.6) is 0 Å². The summed E-state index contributed by atoms with van der Waals surface area (Å²) in [6, 6.07) is 0. The second-order valence-electron chi connectivity index (χ2n) is 5.73. The minimum Gasteiger partial charge on any atom is -0.393 e. The van der Waals surface area contributed by atoms with Crippen LogP contribution in [-0.2, 0) is 11.8 Å². The highest BCUT2D eigenvalue weighted by Gasteiger charge is 2.18. The molecule has 0 saturated carbocycles. The van der Waals surface area contributed by atoms with Gasteiger partial charge in [0, 0.05) is 17.2 Å². The number of rotatable bonds is 4. The molecule has 0 spiro atoms. The average Bonchev–Trinajstić information content (AvgIpc) is 2.61. The maximum atomic E-state index is 9.73. The Balaban J connectivity index is 2.53. The van der Waals surface area contributed by atoms with E-state index in [-0.39, 0.29) is 11.5 Å². The van der Waals surface area contributed by atoms with Gasteiger partial charge in [0.05, 0.1) is 16.8 Å². The molecule has 1 rings (SSSR count). The summed E-state index contributed by atoms with van der Waals surface area (Å²) >= 11 is 1.71. The van der Waals surface area contributed by atoms with E-state index in [1.165, 1.54) is 0 Å². The van der Waals surface area contributed by atoms with E-state index >= 15 is 0 Å². The van der Waals surface area contributed by atoms with E-state index < -0.39 is 0 Å². The minimum absolute atomic E-state index is 0.130. The normalized spacial score (nSPS) is 14.4. The molecule has 1 aromatic heterocycles. The van der Waals surface area contributed by atoms with Crippen LogP contribution in [-0.4, -0.2) is 16.2 Å². The van der Waals surface area contributed by atoms with Crippen LogP contribution in [0.15, 0.2) is 5.38 Å². The van der Waals surface area contributed by atoms with Crippen LogP contribution in [0.3, 0.4) is 0 Å². The summed E-state index contributed by atoms with van der Waals surface area (Å²) < 4.78 is 0. The fraction of sp³-hybridized carbons (Fsp3) is 0.769. The van der Waals surface area contributed by atoms with Gasteiger partial charge in [-0.3, -0.25) is 0 Å². The first kappa shape index (κ1) is 13.7. The molecule has 1 aromatic rings. The molecule has 92 valence electrons. The molecule has 0 saturated heterocycles. The molecule has 1 heterocycles. The van der Waals surface area contributed by atoms with Gasteiger partial charge < -0.3 is 5.11 Å². The predicted molar refractivity (Wildman–Crippen MR) is 70.0 cm³/mol. The highest BCUT2D eigenvalue weighted by Crippen LogP contribution is 2.24. The number of aliphatic hydroxyl groups excluding tert-OH is 1. The lowest BCUT2D eigenvalue weighted by atomic mass is 9.93. The smallest absolute Gasteiger partial charge is 0.0929 e. The van der Waals surface area contributed by atoms with Crippen LogP contribution in [0.1, 0.15) is 51.7 Å². The summed E-state index contributed by atoms with van der Waals surface area (Å²) in [6.07, 6.45) is 1.50. The average molecular weight is 241 g/mol. The quantitative estimate of drug-likeness (QED) is 0.876. The zero-order valence-electron chi connectivity index (χ0n) is 10.9. The molecule has 1 atom stereocenters. The van der Waals surface area contributed by atoms with Crippen LogP contribution in [0.25, 0.3) is 0 Å². The predicted octanol–water partition coefficient (Wildman–Crippen LogP) is 3.39. The van der Waals surface area contributed by atoms with E-state index in [1.807, 2.05) is 13.8 Å². The van der Waals surface area contributed by atoms with Crippen LogP contribution >= 0.6 is 11.3 Å². The van der Waals surface area contributed by atoms with Gasteiger partial charge in [-0.15, -0.1) is 11.3 Å². The summed E-state index contributed by atoms with van der Waals surface area (Å²) in [7, 11) is 0. The van der Waals surface area contributed by atoms with E-state index in [4.69, 9.17) is 0 Å². The fourth-order valence-electron chi connectivity index (χ4n) is 1.37. The van der Waals surface area contributed by atoms with E-state index in [0.29, 0.717) is 5.92 Å². The molecule has 1 unspecified atom stereocenters.